The molecule has 0 amide bonds. The summed E-state index contributed by atoms with van der Waals surface area (Å²) >= 11 is 5.78. The number of halogens is 1. The zero-order valence-electron chi connectivity index (χ0n) is 6.90. The highest BCUT2D eigenvalue weighted by atomic mass is 35.5. The molecule has 1 aliphatic heterocycles. The van der Waals surface area contributed by atoms with Gasteiger partial charge in [-0.05, 0) is 18.2 Å². The first kappa shape index (κ1) is 9.19. The lowest BCUT2D eigenvalue weighted by molar-refractivity contribution is 0.425. The van der Waals surface area contributed by atoms with Crippen molar-refractivity contribution in [3.8, 4) is 0 Å². The molecule has 0 bridgehead atoms. The minimum atomic E-state index is -0.971. The molecule has 1 aromatic rings. The molecule has 0 radical (unpaired) electrons. The molecule has 1 unspecified atom stereocenters. The molecule has 0 spiro atoms. The quantitative estimate of drug-likeness (QED) is 0.722. The summed E-state index contributed by atoms with van der Waals surface area (Å²) in [6.07, 6.45) is 0.194. The molecule has 1 heterocycles. The number of epoxide rings is 1. The first-order valence-corrected chi connectivity index (χ1v) is 5.71. The van der Waals surface area contributed by atoms with Crippen molar-refractivity contribution in [3.63, 3.8) is 0 Å². The second kappa shape index (κ2) is 3.78. The van der Waals surface area contributed by atoms with Crippen LogP contribution in [0.25, 0.3) is 0 Å². The van der Waals surface area contributed by atoms with E-state index in [1.54, 1.807) is 12.1 Å². The second-order valence-electron chi connectivity index (χ2n) is 2.92. The summed E-state index contributed by atoms with van der Waals surface area (Å²) in [5.74, 6) is 0.584. The predicted molar refractivity (Wildman–Crippen MR) is 52.5 cm³/mol. The number of hydrogen-bond donors (Lipinski definition) is 0. The van der Waals surface area contributed by atoms with Gasteiger partial charge in [0.25, 0.3) is 0 Å². The van der Waals surface area contributed by atoms with E-state index in [-0.39, 0.29) is 6.10 Å². The van der Waals surface area contributed by atoms with Gasteiger partial charge in [0, 0.05) is 9.92 Å². The van der Waals surface area contributed by atoms with Crippen LogP contribution < -0.4 is 0 Å². The molecule has 0 N–H and O–H groups in total. The lowest BCUT2D eigenvalue weighted by Crippen LogP contribution is -2.03. The van der Waals surface area contributed by atoms with Gasteiger partial charge in [-0.3, -0.25) is 4.21 Å². The van der Waals surface area contributed by atoms with Crippen LogP contribution in [-0.2, 0) is 15.5 Å². The van der Waals surface area contributed by atoms with Gasteiger partial charge in [0.05, 0.1) is 29.3 Å². The minimum Gasteiger partial charge on any atom is -0.372 e. The molecule has 0 saturated carbocycles. The molecule has 2 rings (SSSR count). The maximum atomic E-state index is 11.6. The van der Waals surface area contributed by atoms with Gasteiger partial charge in [0.2, 0.25) is 0 Å². The van der Waals surface area contributed by atoms with Gasteiger partial charge >= 0.3 is 0 Å². The Balaban J connectivity index is 2.09. The highest BCUT2D eigenvalue weighted by Gasteiger charge is 2.25. The normalized spacial score (nSPS) is 22.7. The largest absolute Gasteiger partial charge is 0.372 e. The fourth-order valence-electron chi connectivity index (χ4n) is 1.04. The number of rotatable bonds is 3. The van der Waals surface area contributed by atoms with Crippen molar-refractivity contribution >= 4 is 22.4 Å². The molecule has 0 aromatic heterocycles. The number of benzene rings is 1. The Labute approximate surface area is 84.3 Å². The van der Waals surface area contributed by atoms with Crippen LogP contribution in [0.3, 0.4) is 0 Å². The SMILES string of the molecule is O=S(C[C@H]1CO1)c1cccc(Cl)c1. The Bertz CT molecular complexity index is 336. The van der Waals surface area contributed by atoms with Crippen LogP contribution >= 0.6 is 11.6 Å². The summed E-state index contributed by atoms with van der Waals surface area (Å²) in [6, 6.07) is 7.14. The third kappa shape index (κ3) is 2.53. The standard InChI is InChI=1S/C9H9ClO2S/c10-7-2-1-3-9(4-7)13(11)6-8-5-12-8/h1-4,8H,5-6H2/t8-,13?/m1/s1. The molecule has 2 nitrogen and oxygen atoms in total. The Morgan fingerprint density at radius 2 is 2.38 bits per heavy atom. The summed E-state index contributed by atoms with van der Waals surface area (Å²) in [4.78, 5) is 0.781. The fraction of sp³-hybridized carbons (Fsp3) is 0.333. The molecule has 2 atom stereocenters. The molecule has 13 heavy (non-hydrogen) atoms. The van der Waals surface area contributed by atoms with E-state index in [9.17, 15) is 4.21 Å². The van der Waals surface area contributed by atoms with E-state index in [4.69, 9.17) is 16.3 Å². The van der Waals surface area contributed by atoms with Crippen LogP contribution in [0, 0.1) is 0 Å². The molecule has 1 fully saturated rings. The first-order chi connectivity index (χ1) is 6.25. The van der Waals surface area contributed by atoms with Gasteiger partial charge in [-0.15, -0.1) is 0 Å². The molecular weight excluding hydrogens is 208 g/mol. The van der Waals surface area contributed by atoms with Crippen molar-refractivity contribution in [2.24, 2.45) is 0 Å². The Hall–Kier alpha value is -0.380. The zero-order valence-corrected chi connectivity index (χ0v) is 8.48. The highest BCUT2D eigenvalue weighted by Crippen LogP contribution is 2.18. The summed E-state index contributed by atoms with van der Waals surface area (Å²) in [5, 5.41) is 0.627. The first-order valence-electron chi connectivity index (χ1n) is 4.01. The van der Waals surface area contributed by atoms with Crippen molar-refractivity contribution in [2.45, 2.75) is 11.0 Å². The molecule has 1 aromatic carbocycles. The number of ether oxygens (including phenoxy) is 1. The molecular formula is C9H9ClO2S. The van der Waals surface area contributed by atoms with E-state index < -0.39 is 10.8 Å². The summed E-state index contributed by atoms with van der Waals surface area (Å²) in [6.45, 7) is 0.742. The monoisotopic (exact) mass is 216 g/mol. The van der Waals surface area contributed by atoms with Crippen LogP contribution in [0.4, 0.5) is 0 Å². The summed E-state index contributed by atoms with van der Waals surface area (Å²) < 4.78 is 16.6. The molecule has 1 aliphatic rings. The molecule has 70 valence electrons. The smallest absolute Gasteiger partial charge is 0.0928 e. The predicted octanol–water partition coefficient (Wildman–Crippen LogP) is 1.85. The third-order valence-electron chi connectivity index (χ3n) is 1.80. The van der Waals surface area contributed by atoms with Gasteiger partial charge in [-0.25, -0.2) is 0 Å². The molecule has 1 saturated heterocycles. The van der Waals surface area contributed by atoms with E-state index >= 15 is 0 Å². The number of hydrogen-bond acceptors (Lipinski definition) is 2. The van der Waals surface area contributed by atoms with E-state index in [0.717, 1.165) is 11.5 Å². The van der Waals surface area contributed by atoms with Crippen LogP contribution in [0.1, 0.15) is 0 Å². The lowest BCUT2D eigenvalue weighted by Gasteiger charge is -1.99. The van der Waals surface area contributed by atoms with Crippen molar-refractivity contribution < 1.29 is 8.95 Å². The average molecular weight is 217 g/mol. The second-order valence-corrected chi connectivity index (χ2v) is 4.86. The van der Waals surface area contributed by atoms with E-state index in [0.29, 0.717) is 10.8 Å². The van der Waals surface area contributed by atoms with Gasteiger partial charge in [0.15, 0.2) is 0 Å². The van der Waals surface area contributed by atoms with Crippen molar-refractivity contribution in [1.82, 2.24) is 0 Å². The summed E-state index contributed by atoms with van der Waals surface area (Å²) in [7, 11) is -0.971. The molecule has 4 heteroatoms. The van der Waals surface area contributed by atoms with Crippen molar-refractivity contribution in [1.29, 1.82) is 0 Å². The van der Waals surface area contributed by atoms with Crippen LogP contribution in [0.15, 0.2) is 29.2 Å². The minimum absolute atomic E-state index is 0.194. The van der Waals surface area contributed by atoms with Gasteiger partial charge in [-0.2, -0.15) is 0 Å². The van der Waals surface area contributed by atoms with Crippen LogP contribution in [0.2, 0.25) is 5.02 Å². The average Bonchev–Trinajstić information content (AvgIpc) is 2.88. The Morgan fingerprint density at radius 3 is 3.00 bits per heavy atom. The van der Waals surface area contributed by atoms with E-state index in [1.807, 2.05) is 12.1 Å². The maximum absolute atomic E-state index is 11.6. The van der Waals surface area contributed by atoms with E-state index in [2.05, 4.69) is 0 Å². The molecule has 0 aliphatic carbocycles. The van der Waals surface area contributed by atoms with E-state index in [1.165, 1.54) is 0 Å². The Morgan fingerprint density at radius 1 is 1.62 bits per heavy atom. The third-order valence-corrected chi connectivity index (χ3v) is 3.49. The lowest BCUT2D eigenvalue weighted by atomic mass is 10.4. The topological polar surface area (TPSA) is 29.6 Å². The van der Waals surface area contributed by atoms with Gasteiger partial charge < -0.3 is 4.74 Å². The summed E-state index contributed by atoms with van der Waals surface area (Å²) in [5.41, 5.74) is 0. The van der Waals surface area contributed by atoms with Crippen LogP contribution in [0.5, 0.6) is 0 Å². The maximum Gasteiger partial charge on any atom is 0.0928 e. The fourth-order valence-corrected chi connectivity index (χ4v) is 2.50. The van der Waals surface area contributed by atoms with Crippen molar-refractivity contribution in [2.75, 3.05) is 12.4 Å². The van der Waals surface area contributed by atoms with Gasteiger partial charge in [-0.1, -0.05) is 17.7 Å². The van der Waals surface area contributed by atoms with Crippen molar-refractivity contribution in [3.05, 3.63) is 29.3 Å². The Kier molecular flexibility index (Phi) is 2.67. The van der Waals surface area contributed by atoms with Crippen LogP contribution in [-0.4, -0.2) is 22.7 Å². The zero-order chi connectivity index (χ0) is 9.26. The van der Waals surface area contributed by atoms with Gasteiger partial charge in [0.1, 0.15) is 0 Å². The highest BCUT2D eigenvalue weighted by molar-refractivity contribution is 7.85.